The van der Waals surface area contributed by atoms with Gasteiger partial charge in [0.25, 0.3) is 0 Å². The summed E-state index contributed by atoms with van der Waals surface area (Å²) in [5, 5.41) is 0.915. The molecule has 0 aliphatic rings. The third-order valence-electron chi connectivity index (χ3n) is 8.81. The van der Waals surface area contributed by atoms with Gasteiger partial charge in [0.1, 0.15) is 16.9 Å². The predicted molar refractivity (Wildman–Crippen MR) is 190 cm³/mol. The molecule has 0 atom stereocenters. The number of furan rings is 1. The summed E-state index contributed by atoms with van der Waals surface area (Å²) >= 11 is 0. The molecule has 46 heavy (non-hydrogen) atoms. The molecule has 0 aliphatic heterocycles. The van der Waals surface area contributed by atoms with Gasteiger partial charge in [-0.25, -0.2) is 9.97 Å². The van der Waals surface area contributed by atoms with E-state index >= 15 is 0 Å². The molecule has 4 aromatic heterocycles. The van der Waals surface area contributed by atoms with Crippen molar-refractivity contribution in [2.75, 3.05) is 0 Å². The Bertz CT molecular complexity index is 2640. The summed E-state index contributed by atoms with van der Waals surface area (Å²) in [5.74, 6) is 1.07. The van der Waals surface area contributed by atoms with Crippen molar-refractivity contribution in [1.82, 2.24) is 19.5 Å². The van der Waals surface area contributed by atoms with E-state index in [0.29, 0.717) is 27.9 Å². The lowest BCUT2D eigenvalue weighted by Crippen LogP contribution is -2.09. The van der Waals surface area contributed by atoms with Crippen molar-refractivity contribution in [2.24, 2.45) is 0 Å². The largest absolute Gasteiger partial charge is 0.454 e. The number of para-hydroxylation sites is 3. The van der Waals surface area contributed by atoms with Gasteiger partial charge >= 0.3 is 0 Å². The number of fused-ring (bicyclic) bond motifs is 5. The van der Waals surface area contributed by atoms with Crippen LogP contribution >= 0.6 is 0 Å². The second-order valence-electron chi connectivity index (χ2n) is 12.5. The van der Waals surface area contributed by atoms with Crippen molar-refractivity contribution < 1.29 is 12.6 Å². The molecule has 8 rings (SSSR count). The zero-order chi connectivity index (χ0) is 36.7. The van der Waals surface area contributed by atoms with Crippen LogP contribution in [0.4, 0.5) is 0 Å². The summed E-state index contributed by atoms with van der Waals surface area (Å²) in [6.07, 6.45) is 0. The maximum Gasteiger partial charge on any atom is 0.154 e. The molecule has 0 aliphatic carbocycles. The molecule has 0 saturated heterocycles. The van der Waals surface area contributed by atoms with Crippen LogP contribution < -0.4 is 0 Å². The smallest absolute Gasteiger partial charge is 0.154 e. The van der Waals surface area contributed by atoms with E-state index in [-0.39, 0.29) is 34.1 Å². The lowest BCUT2D eigenvalue weighted by molar-refractivity contribution is 0.669. The van der Waals surface area contributed by atoms with E-state index in [2.05, 4.69) is 79.7 Å². The fourth-order valence-electron chi connectivity index (χ4n) is 6.59. The maximum absolute atomic E-state index is 8.15. The second kappa shape index (κ2) is 10.7. The van der Waals surface area contributed by atoms with Crippen molar-refractivity contribution in [3.63, 3.8) is 0 Å². The summed E-state index contributed by atoms with van der Waals surface area (Å²) in [4.78, 5) is 14.2. The van der Waals surface area contributed by atoms with Crippen LogP contribution in [0.5, 0.6) is 0 Å². The number of hydrogen-bond donors (Lipinski definition) is 0. The Balaban J connectivity index is 1.44. The molecule has 0 spiro atoms. The molecular weight excluding hydrogens is 564 g/mol. The Hall–Kier alpha value is -5.29. The van der Waals surface area contributed by atoms with Crippen LogP contribution in [0.25, 0.3) is 72.2 Å². The van der Waals surface area contributed by atoms with E-state index in [1.807, 2.05) is 42.5 Å². The fraction of sp³-hybridized carbons (Fsp3) is 0.195. The van der Waals surface area contributed by atoms with Crippen molar-refractivity contribution in [3.8, 4) is 28.2 Å². The lowest BCUT2D eigenvalue weighted by Gasteiger charge is -2.24. The van der Waals surface area contributed by atoms with Gasteiger partial charge in [-0.2, -0.15) is 0 Å². The van der Waals surface area contributed by atoms with Crippen LogP contribution in [-0.2, 0) is 0 Å². The molecule has 226 valence electrons. The number of imidazole rings is 1. The van der Waals surface area contributed by atoms with E-state index < -0.39 is 13.7 Å². The number of pyridine rings is 2. The Morgan fingerprint density at radius 3 is 2.17 bits per heavy atom. The number of aryl methyl sites for hydroxylation is 2. The number of aromatic nitrogens is 4. The van der Waals surface area contributed by atoms with Gasteiger partial charge in [0.15, 0.2) is 5.58 Å². The first kappa shape index (κ1) is 22.3. The Labute approximate surface area is 277 Å². The molecule has 5 heteroatoms. The standard InChI is InChI=1S/C41H36N4O/c1-23(2)31-20-28(27-13-8-7-9-14-27)21-32(24(3)4)39(31)45-36-18-11-10-17-34(36)44-41(45)30-16-12-15-29-38-37(46-40(29)30)22-33-26(6)42-25(5)19-35(33)43-38/h7-24H,1-6H3/i5D3,6D3. The van der Waals surface area contributed by atoms with E-state index in [1.54, 1.807) is 6.07 Å². The summed E-state index contributed by atoms with van der Waals surface area (Å²) in [6.45, 7) is 3.58. The van der Waals surface area contributed by atoms with Crippen LogP contribution in [0.15, 0.2) is 101 Å². The average Bonchev–Trinajstić information content (AvgIpc) is 3.67. The third-order valence-corrected chi connectivity index (χ3v) is 8.81. The van der Waals surface area contributed by atoms with Gasteiger partial charge in [-0.15, -0.1) is 0 Å². The van der Waals surface area contributed by atoms with E-state index in [4.69, 9.17) is 22.6 Å². The SMILES string of the molecule is [2H]C([2H])([2H])c1cc2nc3c(cc2c(C([2H])([2H])[2H])n1)oc1c(-c2nc4ccccc4n2-c2c(C(C)C)cc(-c4ccccc4)cc2C(C)C)cccc13. The highest BCUT2D eigenvalue weighted by Gasteiger charge is 2.25. The minimum atomic E-state index is -2.67. The highest BCUT2D eigenvalue weighted by atomic mass is 16.3. The van der Waals surface area contributed by atoms with Gasteiger partial charge in [-0.3, -0.25) is 9.55 Å². The monoisotopic (exact) mass is 606 g/mol. The zero-order valence-corrected chi connectivity index (χ0v) is 26.1. The van der Waals surface area contributed by atoms with E-state index in [1.165, 1.54) is 17.2 Å². The van der Waals surface area contributed by atoms with Crippen LogP contribution in [0.3, 0.4) is 0 Å². The molecule has 0 unspecified atom stereocenters. The summed E-state index contributed by atoms with van der Waals surface area (Å²) < 4.78 is 57.1. The second-order valence-corrected chi connectivity index (χ2v) is 12.5. The molecular formula is C41H36N4O. The molecule has 4 heterocycles. The van der Waals surface area contributed by atoms with Crippen LogP contribution in [0.2, 0.25) is 0 Å². The number of rotatable bonds is 5. The number of benzene rings is 4. The van der Waals surface area contributed by atoms with Gasteiger partial charge in [0.05, 0.1) is 27.8 Å². The lowest BCUT2D eigenvalue weighted by atomic mass is 9.88. The molecule has 8 aromatic rings. The van der Waals surface area contributed by atoms with Crippen molar-refractivity contribution in [2.45, 2.75) is 53.2 Å². The van der Waals surface area contributed by atoms with E-state index in [9.17, 15) is 0 Å². The Morgan fingerprint density at radius 2 is 1.43 bits per heavy atom. The van der Waals surface area contributed by atoms with Gasteiger partial charge in [-0.1, -0.05) is 76.2 Å². The fourth-order valence-corrected chi connectivity index (χ4v) is 6.59. The van der Waals surface area contributed by atoms with Gasteiger partial charge in [0.2, 0.25) is 0 Å². The molecule has 0 amide bonds. The number of hydrogen-bond acceptors (Lipinski definition) is 4. The van der Waals surface area contributed by atoms with E-state index in [0.717, 1.165) is 33.4 Å². The van der Waals surface area contributed by atoms with Crippen LogP contribution in [0.1, 0.15) is 70.3 Å². The first-order valence-electron chi connectivity index (χ1n) is 18.6. The first-order valence-corrected chi connectivity index (χ1v) is 15.6. The predicted octanol–water partition coefficient (Wildman–Crippen LogP) is 11.1. The molecule has 0 fully saturated rings. The number of nitrogens with zero attached hydrogens (tertiary/aromatic N) is 4. The van der Waals surface area contributed by atoms with Crippen LogP contribution in [0, 0.1) is 13.7 Å². The van der Waals surface area contributed by atoms with Crippen molar-refractivity contribution >= 4 is 44.0 Å². The summed E-state index contributed by atoms with van der Waals surface area (Å²) in [6, 6.07) is 31.9. The quantitative estimate of drug-likeness (QED) is 0.196. The molecule has 0 saturated carbocycles. The Kier molecular flexibility index (Phi) is 5.16. The summed E-state index contributed by atoms with van der Waals surface area (Å²) in [5.41, 5.74) is 9.27. The highest BCUT2D eigenvalue weighted by Crippen LogP contribution is 2.42. The molecule has 0 N–H and O–H groups in total. The van der Waals surface area contributed by atoms with Gasteiger partial charge < -0.3 is 4.42 Å². The van der Waals surface area contributed by atoms with Gasteiger partial charge in [0, 0.05) is 30.4 Å². The highest BCUT2D eigenvalue weighted by molar-refractivity contribution is 6.10. The molecule has 5 nitrogen and oxygen atoms in total. The first-order chi connectivity index (χ1) is 24.7. The Morgan fingerprint density at radius 1 is 0.674 bits per heavy atom. The zero-order valence-electron chi connectivity index (χ0n) is 32.1. The summed E-state index contributed by atoms with van der Waals surface area (Å²) in [7, 11) is 0. The minimum absolute atomic E-state index is 0.185. The third kappa shape index (κ3) is 4.41. The molecule has 0 bridgehead atoms. The molecule has 4 aromatic carbocycles. The maximum atomic E-state index is 8.15. The average molecular weight is 607 g/mol. The molecule has 0 radical (unpaired) electrons. The minimum Gasteiger partial charge on any atom is -0.454 e. The normalized spacial score (nSPS) is 14.6. The topological polar surface area (TPSA) is 56.7 Å². The van der Waals surface area contributed by atoms with Crippen LogP contribution in [-0.4, -0.2) is 19.5 Å². The van der Waals surface area contributed by atoms with Crippen molar-refractivity contribution in [3.05, 3.63) is 120 Å². The van der Waals surface area contributed by atoms with Crippen molar-refractivity contribution in [1.29, 1.82) is 0 Å². The van der Waals surface area contributed by atoms with Gasteiger partial charge in [-0.05, 0) is 96.3 Å².